The van der Waals surface area contributed by atoms with E-state index in [0.29, 0.717) is 23.8 Å². The summed E-state index contributed by atoms with van der Waals surface area (Å²) in [5, 5.41) is 12.4. The van der Waals surface area contributed by atoms with Crippen LogP contribution < -0.4 is 21.5 Å². The van der Waals surface area contributed by atoms with Crippen LogP contribution in [0.25, 0.3) is 0 Å². The first-order valence-corrected chi connectivity index (χ1v) is 5.90. The summed E-state index contributed by atoms with van der Waals surface area (Å²) in [5.74, 6) is 7.15. The van der Waals surface area contributed by atoms with Gasteiger partial charge in [-0.15, -0.1) is 0 Å². The molecule has 0 amide bonds. The van der Waals surface area contributed by atoms with Crippen LogP contribution in [-0.4, -0.2) is 46.8 Å². The van der Waals surface area contributed by atoms with Gasteiger partial charge in [0.25, 0.3) is 0 Å². The number of aromatic nitrogens is 3. The second-order valence-electron chi connectivity index (χ2n) is 4.69. The smallest absolute Gasteiger partial charge is 0.243 e. The van der Waals surface area contributed by atoms with Crippen molar-refractivity contribution in [2.75, 3.05) is 36.3 Å². The zero-order valence-electron chi connectivity index (χ0n) is 10.6. The van der Waals surface area contributed by atoms with Crippen molar-refractivity contribution in [3.05, 3.63) is 0 Å². The van der Waals surface area contributed by atoms with E-state index in [0.717, 1.165) is 19.4 Å². The van der Waals surface area contributed by atoms with Gasteiger partial charge in [0.15, 0.2) is 0 Å². The van der Waals surface area contributed by atoms with E-state index in [1.165, 1.54) is 0 Å². The third kappa shape index (κ3) is 2.96. The average Bonchev–Trinajstić information content (AvgIpc) is 2.32. The Hall–Kier alpha value is -1.67. The number of nitrogens with zero attached hydrogens (tertiary/aromatic N) is 4. The van der Waals surface area contributed by atoms with Gasteiger partial charge in [0.2, 0.25) is 17.8 Å². The molecule has 2 rings (SSSR count). The topological polar surface area (TPSA) is 112 Å². The second-order valence-corrected chi connectivity index (χ2v) is 4.69. The summed E-state index contributed by atoms with van der Waals surface area (Å²) in [6.45, 7) is 0.748. The molecule has 0 unspecified atom stereocenters. The lowest BCUT2D eigenvalue weighted by atomic mass is 9.82. The molecule has 1 aromatic heterocycles. The molecule has 0 bridgehead atoms. The fraction of sp³-hybridized carbons (Fsp3) is 0.700. The number of nitrogen functional groups attached to an aromatic ring is 1. The number of nitrogens with two attached hydrogens (primary N) is 1. The highest BCUT2D eigenvalue weighted by Crippen LogP contribution is 2.27. The number of aliphatic hydroxyl groups excluding tert-OH is 1. The van der Waals surface area contributed by atoms with Crippen molar-refractivity contribution >= 4 is 17.8 Å². The van der Waals surface area contributed by atoms with Crippen molar-refractivity contribution in [2.24, 2.45) is 11.8 Å². The minimum Gasteiger partial charge on any atom is -0.393 e. The van der Waals surface area contributed by atoms with Gasteiger partial charge in [-0.3, -0.25) is 5.43 Å². The van der Waals surface area contributed by atoms with E-state index in [4.69, 9.17) is 5.84 Å². The Morgan fingerprint density at radius 3 is 2.50 bits per heavy atom. The third-order valence-corrected chi connectivity index (χ3v) is 2.91. The van der Waals surface area contributed by atoms with Crippen molar-refractivity contribution < 1.29 is 5.11 Å². The largest absolute Gasteiger partial charge is 0.393 e. The fourth-order valence-electron chi connectivity index (χ4n) is 1.81. The number of aliphatic hydroxyl groups is 1. The van der Waals surface area contributed by atoms with Crippen LogP contribution in [0.3, 0.4) is 0 Å². The molecule has 18 heavy (non-hydrogen) atoms. The van der Waals surface area contributed by atoms with E-state index in [1.54, 1.807) is 4.90 Å². The van der Waals surface area contributed by atoms with Gasteiger partial charge in [0, 0.05) is 20.6 Å². The van der Waals surface area contributed by atoms with Gasteiger partial charge in [-0.05, 0) is 18.8 Å². The zero-order chi connectivity index (χ0) is 13.1. The Bertz CT molecular complexity index is 405. The Morgan fingerprint density at radius 2 is 1.94 bits per heavy atom. The predicted octanol–water partition coefficient (Wildman–Crippen LogP) is -0.594. The third-order valence-electron chi connectivity index (χ3n) is 2.91. The Morgan fingerprint density at radius 1 is 1.28 bits per heavy atom. The van der Waals surface area contributed by atoms with Crippen molar-refractivity contribution in [3.8, 4) is 0 Å². The van der Waals surface area contributed by atoms with E-state index in [9.17, 15) is 5.11 Å². The first kappa shape index (κ1) is 12.8. The maximum absolute atomic E-state index is 9.21. The zero-order valence-corrected chi connectivity index (χ0v) is 10.6. The number of nitrogens with one attached hydrogen (secondary N) is 2. The number of rotatable bonds is 5. The van der Waals surface area contributed by atoms with E-state index in [2.05, 4.69) is 25.7 Å². The van der Waals surface area contributed by atoms with E-state index in [1.807, 2.05) is 14.1 Å². The van der Waals surface area contributed by atoms with Crippen LogP contribution >= 0.6 is 0 Å². The molecule has 0 aliphatic heterocycles. The summed E-state index contributed by atoms with van der Waals surface area (Å²) in [5.41, 5.74) is 2.42. The normalized spacial score (nSPS) is 22.2. The van der Waals surface area contributed by atoms with Crippen molar-refractivity contribution in [1.82, 2.24) is 15.0 Å². The molecule has 0 saturated heterocycles. The summed E-state index contributed by atoms with van der Waals surface area (Å²) in [6.07, 6.45) is 1.52. The lowest BCUT2D eigenvalue weighted by molar-refractivity contribution is 0.0486. The van der Waals surface area contributed by atoms with Crippen LogP contribution in [0.2, 0.25) is 0 Å². The molecule has 1 aliphatic carbocycles. The molecule has 1 heterocycles. The van der Waals surface area contributed by atoms with E-state index in [-0.39, 0.29) is 6.10 Å². The molecule has 100 valence electrons. The summed E-state index contributed by atoms with van der Waals surface area (Å²) < 4.78 is 0. The van der Waals surface area contributed by atoms with Gasteiger partial charge in [-0.25, -0.2) is 5.84 Å². The quantitative estimate of drug-likeness (QED) is 0.407. The Balaban J connectivity index is 2.00. The van der Waals surface area contributed by atoms with Gasteiger partial charge in [-0.2, -0.15) is 15.0 Å². The monoisotopic (exact) mass is 253 g/mol. The second kappa shape index (κ2) is 5.32. The van der Waals surface area contributed by atoms with Gasteiger partial charge >= 0.3 is 0 Å². The molecule has 1 fully saturated rings. The highest BCUT2D eigenvalue weighted by molar-refractivity contribution is 5.42. The highest BCUT2D eigenvalue weighted by atomic mass is 16.3. The van der Waals surface area contributed by atoms with Crippen molar-refractivity contribution in [2.45, 2.75) is 18.9 Å². The van der Waals surface area contributed by atoms with Crippen LogP contribution in [0, 0.1) is 5.92 Å². The summed E-state index contributed by atoms with van der Waals surface area (Å²) in [6, 6.07) is 0. The first-order chi connectivity index (χ1) is 8.58. The van der Waals surface area contributed by atoms with Crippen LogP contribution in [0.15, 0.2) is 0 Å². The molecular weight excluding hydrogens is 234 g/mol. The molecule has 0 atom stereocenters. The molecular formula is C10H19N7O. The Kier molecular flexibility index (Phi) is 3.78. The number of hydrogen-bond donors (Lipinski definition) is 4. The molecule has 0 aromatic carbocycles. The maximum atomic E-state index is 9.21. The maximum Gasteiger partial charge on any atom is 0.243 e. The molecule has 1 aromatic rings. The summed E-state index contributed by atoms with van der Waals surface area (Å²) >= 11 is 0. The van der Waals surface area contributed by atoms with E-state index < -0.39 is 0 Å². The minimum absolute atomic E-state index is 0.145. The molecule has 5 N–H and O–H groups in total. The molecule has 0 spiro atoms. The van der Waals surface area contributed by atoms with Crippen LogP contribution in [0.4, 0.5) is 17.8 Å². The summed E-state index contributed by atoms with van der Waals surface area (Å²) in [4.78, 5) is 14.3. The summed E-state index contributed by atoms with van der Waals surface area (Å²) in [7, 11) is 3.70. The average molecular weight is 253 g/mol. The predicted molar refractivity (Wildman–Crippen MR) is 69.2 cm³/mol. The standard InChI is InChI=1S/C10H19N7O/c1-17(2)10-14-8(13-9(15-10)16-11)12-5-6-3-7(18)4-6/h6-7,18H,3-5,11H2,1-2H3,(H2,12,13,14,15,16). The SMILES string of the molecule is CN(C)c1nc(NN)nc(NCC2CC(O)C2)n1. The molecule has 8 heteroatoms. The minimum atomic E-state index is -0.145. The van der Waals surface area contributed by atoms with E-state index >= 15 is 0 Å². The van der Waals surface area contributed by atoms with Crippen molar-refractivity contribution in [3.63, 3.8) is 0 Å². The van der Waals surface area contributed by atoms with Gasteiger partial charge < -0.3 is 15.3 Å². The van der Waals surface area contributed by atoms with Gasteiger partial charge in [-0.1, -0.05) is 0 Å². The molecule has 0 radical (unpaired) electrons. The van der Waals surface area contributed by atoms with Crippen molar-refractivity contribution in [1.29, 1.82) is 0 Å². The number of hydrazine groups is 1. The lowest BCUT2D eigenvalue weighted by Crippen LogP contribution is -2.33. The van der Waals surface area contributed by atoms with Gasteiger partial charge in [0.1, 0.15) is 0 Å². The number of anilines is 3. The van der Waals surface area contributed by atoms with Gasteiger partial charge in [0.05, 0.1) is 6.10 Å². The highest BCUT2D eigenvalue weighted by Gasteiger charge is 2.26. The lowest BCUT2D eigenvalue weighted by Gasteiger charge is -2.31. The Labute approximate surface area is 106 Å². The van der Waals surface area contributed by atoms with Crippen LogP contribution in [-0.2, 0) is 0 Å². The first-order valence-electron chi connectivity index (χ1n) is 5.90. The number of hydrogen-bond acceptors (Lipinski definition) is 8. The van der Waals surface area contributed by atoms with Crippen LogP contribution in [0.1, 0.15) is 12.8 Å². The molecule has 8 nitrogen and oxygen atoms in total. The van der Waals surface area contributed by atoms with Crippen LogP contribution in [0.5, 0.6) is 0 Å². The fourth-order valence-corrected chi connectivity index (χ4v) is 1.81. The molecule has 1 aliphatic rings. The molecule has 1 saturated carbocycles.